The van der Waals surface area contributed by atoms with Crippen molar-refractivity contribution in [3.05, 3.63) is 15.0 Å². The summed E-state index contributed by atoms with van der Waals surface area (Å²) in [5, 5.41) is 10.8. The van der Waals surface area contributed by atoms with Crippen molar-refractivity contribution >= 4 is 39.1 Å². The van der Waals surface area contributed by atoms with Crippen LogP contribution in [0.1, 0.15) is 23.3 Å². The van der Waals surface area contributed by atoms with E-state index in [2.05, 4.69) is 41.8 Å². The number of carbonyl (C=O) groups excluding carboxylic acids is 2. The maximum atomic E-state index is 12.4. The fourth-order valence-corrected chi connectivity index (χ4v) is 3.59. The van der Waals surface area contributed by atoms with Gasteiger partial charge in [0.05, 0.1) is 0 Å². The van der Waals surface area contributed by atoms with Gasteiger partial charge in [-0.25, -0.2) is 4.98 Å². The molecule has 9 heteroatoms. The number of halogens is 1. The van der Waals surface area contributed by atoms with Crippen LogP contribution in [0.5, 0.6) is 0 Å². The number of nitrogens with zero attached hydrogens (tertiary/aromatic N) is 2. The minimum Gasteiger partial charge on any atom is -0.353 e. The van der Waals surface area contributed by atoms with E-state index in [0.717, 1.165) is 32.7 Å². The Bertz CT molecular complexity index is 583. The molecule has 0 atom stereocenters. The fourth-order valence-electron chi connectivity index (χ4n) is 2.60. The van der Waals surface area contributed by atoms with Gasteiger partial charge in [0.2, 0.25) is 5.91 Å². The van der Waals surface area contributed by atoms with Gasteiger partial charge in [0.15, 0.2) is 3.92 Å². The molecule has 1 aliphatic carbocycles. The number of hydrogen-bond acceptors (Lipinski definition) is 6. The summed E-state index contributed by atoms with van der Waals surface area (Å²) in [6, 6.07) is 0. The molecule has 1 aliphatic heterocycles. The summed E-state index contributed by atoms with van der Waals surface area (Å²) in [4.78, 5) is 30.9. The third-order valence-electron chi connectivity index (χ3n) is 4.17. The summed E-state index contributed by atoms with van der Waals surface area (Å²) in [5.74, 6) is -0.378. The lowest BCUT2D eigenvalue weighted by Crippen LogP contribution is -2.51. The molecule has 0 bridgehead atoms. The number of nitrogens with one attached hydrogen (secondary N) is 3. The van der Waals surface area contributed by atoms with Crippen LogP contribution in [0.3, 0.4) is 0 Å². The number of amides is 2. The van der Waals surface area contributed by atoms with Crippen LogP contribution in [0.25, 0.3) is 0 Å². The van der Waals surface area contributed by atoms with Crippen molar-refractivity contribution in [1.82, 2.24) is 25.8 Å². The molecule has 1 aromatic heterocycles. The topological polar surface area (TPSA) is 86.4 Å². The summed E-state index contributed by atoms with van der Waals surface area (Å²) >= 11 is 4.59. The van der Waals surface area contributed by atoms with Crippen LogP contribution in [0, 0.1) is 0 Å². The first-order valence-corrected chi connectivity index (χ1v) is 9.41. The van der Waals surface area contributed by atoms with Crippen molar-refractivity contribution in [2.75, 3.05) is 39.3 Å². The molecular weight excluding hydrogens is 382 g/mol. The highest BCUT2D eigenvalue weighted by atomic mass is 79.9. The Morgan fingerprint density at radius 1 is 1.39 bits per heavy atom. The predicted molar refractivity (Wildman–Crippen MR) is 91.6 cm³/mol. The minimum absolute atomic E-state index is 0.0877. The molecule has 1 aromatic rings. The summed E-state index contributed by atoms with van der Waals surface area (Å²) in [6.07, 6.45) is 1.37. The van der Waals surface area contributed by atoms with Crippen LogP contribution in [-0.2, 0) is 4.79 Å². The van der Waals surface area contributed by atoms with Crippen molar-refractivity contribution in [2.45, 2.75) is 18.4 Å². The van der Waals surface area contributed by atoms with E-state index in [1.165, 1.54) is 11.3 Å². The molecule has 2 amide bonds. The van der Waals surface area contributed by atoms with E-state index in [1.807, 2.05) is 0 Å². The van der Waals surface area contributed by atoms with Crippen molar-refractivity contribution in [2.24, 2.45) is 0 Å². The molecule has 7 nitrogen and oxygen atoms in total. The van der Waals surface area contributed by atoms with Gasteiger partial charge in [-0.15, -0.1) is 11.3 Å². The first-order chi connectivity index (χ1) is 11.1. The molecule has 1 saturated heterocycles. The summed E-state index contributed by atoms with van der Waals surface area (Å²) in [5.41, 5.74) is -0.391. The Hall–Kier alpha value is -1.03. The standard InChI is InChI=1S/C14H20BrN5O2S/c15-13-18-10(9-23-13)11(21)19-14(1-2-14)12(22)17-5-8-20-6-3-16-4-7-20/h9,16H,1-8H2,(H,17,22)(H,19,21). The number of carbonyl (C=O) groups is 2. The van der Waals surface area contributed by atoms with Gasteiger partial charge >= 0.3 is 0 Å². The maximum absolute atomic E-state index is 12.4. The molecule has 2 aliphatic rings. The van der Waals surface area contributed by atoms with Gasteiger partial charge in [-0.1, -0.05) is 0 Å². The maximum Gasteiger partial charge on any atom is 0.271 e. The Morgan fingerprint density at radius 2 is 2.13 bits per heavy atom. The second-order valence-corrected chi connectivity index (χ2v) is 8.00. The first-order valence-electron chi connectivity index (χ1n) is 7.74. The molecule has 2 fully saturated rings. The summed E-state index contributed by atoms with van der Waals surface area (Å²) in [6.45, 7) is 5.47. The molecule has 3 N–H and O–H groups in total. The number of thiazole rings is 1. The molecule has 0 unspecified atom stereocenters. The number of aromatic nitrogens is 1. The van der Waals surface area contributed by atoms with Crippen LogP contribution in [-0.4, -0.2) is 66.5 Å². The van der Waals surface area contributed by atoms with Gasteiger partial charge in [0.25, 0.3) is 5.91 Å². The van der Waals surface area contributed by atoms with Crippen LogP contribution in [0.4, 0.5) is 0 Å². The average Bonchev–Trinajstić information content (AvgIpc) is 3.20. The van der Waals surface area contributed by atoms with E-state index >= 15 is 0 Å². The Labute approximate surface area is 147 Å². The summed E-state index contributed by atoms with van der Waals surface area (Å²) < 4.78 is 0.660. The lowest BCUT2D eigenvalue weighted by molar-refractivity contribution is -0.124. The molecular formula is C14H20BrN5O2S. The van der Waals surface area contributed by atoms with Crippen LogP contribution >= 0.6 is 27.3 Å². The normalized spacial score (nSPS) is 20.0. The highest BCUT2D eigenvalue weighted by molar-refractivity contribution is 9.11. The van der Waals surface area contributed by atoms with Gasteiger partial charge in [-0.05, 0) is 28.8 Å². The minimum atomic E-state index is -0.739. The van der Waals surface area contributed by atoms with Gasteiger partial charge < -0.3 is 16.0 Å². The monoisotopic (exact) mass is 401 g/mol. The summed E-state index contributed by atoms with van der Waals surface area (Å²) in [7, 11) is 0. The van der Waals surface area contributed by atoms with E-state index in [4.69, 9.17) is 0 Å². The van der Waals surface area contributed by atoms with Gasteiger partial charge in [-0.2, -0.15) is 0 Å². The van der Waals surface area contributed by atoms with Crippen molar-refractivity contribution < 1.29 is 9.59 Å². The van der Waals surface area contributed by atoms with E-state index in [1.54, 1.807) is 5.38 Å². The van der Waals surface area contributed by atoms with Crippen molar-refractivity contribution in [3.63, 3.8) is 0 Å². The SMILES string of the molecule is O=C(NC1(C(=O)NCCN2CCNCC2)CC1)c1csc(Br)n1. The lowest BCUT2D eigenvalue weighted by atomic mass is 10.2. The van der Waals surface area contributed by atoms with Crippen molar-refractivity contribution in [3.8, 4) is 0 Å². The zero-order valence-electron chi connectivity index (χ0n) is 12.7. The van der Waals surface area contributed by atoms with Gasteiger partial charge in [0.1, 0.15) is 11.2 Å². The third kappa shape index (κ3) is 4.28. The molecule has 126 valence electrons. The van der Waals surface area contributed by atoms with E-state index in [9.17, 15) is 9.59 Å². The molecule has 1 saturated carbocycles. The first kappa shape index (κ1) is 16.8. The average molecular weight is 402 g/mol. The fraction of sp³-hybridized carbons (Fsp3) is 0.643. The molecule has 0 radical (unpaired) electrons. The largest absolute Gasteiger partial charge is 0.353 e. The third-order valence-corrected chi connectivity index (χ3v) is 5.53. The molecule has 3 rings (SSSR count). The van der Waals surface area contributed by atoms with Gasteiger partial charge in [-0.3, -0.25) is 14.5 Å². The van der Waals surface area contributed by atoms with E-state index < -0.39 is 5.54 Å². The molecule has 2 heterocycles. The highest BCUT2D eigenvalue weighted by Crippen LogP contribution is 2.36. The van der Waals surface area contributed by atoms with Crippen LogP contribution in [0.15, 0.2) is 9.30 Å². The Balaban J connectivity index is 1.45. The van der Waals surface area contributed by atoms with E-state index in [-0.39, 0.29) is 11.8 Å². The second kappa shape index (κ2) is 7.25. The molecule has 23 heavy (non-hydrogen) atoms. The van der Waals surface area contributed by atoms with Crippen molar-refractivity contribution in [1.29, 1.82) is 0 Å². The predicted octanol–water partition coefficient (Wildman–Crippen LogP) is 0.189. The quantitative estimate of drug-likeness (QED) is 0.633. The highest BCUT2D eigenvalue weighted by Gasteiger charge is 2.51. The Morgan fingerprint density at radius 3 is 2.74 bits per heavy atom. The zero-order valence-corrected chi connectivity index (χ0v) is 15.1. The second-order valence-electron chi connectivity index (χ2n) is 5.87. The number of piperazine rings is 1. The lowest BCUT2D eigenvalue weighted by Gasteiger charge is -2.27. The number of rotatable bonds is 6. The van der Waals surface area contributed by atoms with Gasteiger partial charge in [0, 0.05) is 44.6 Å². The van der Waals surface area contributed by atoms with E-state index in [0.29, 0.717) is 29.0 Å². The smallest absolute Gasteiger partial charge is 0.271 e. The molecule has 0 aromatic carbocycles. The Kier molecular flexibility index (Phi) is 5.30. The zero-order chi connectivity index (χ0) is 16.3. The van der Waals surface area contributed by atoms with Crippen LogP contribution < -0.4 is 16.0 Å². The number of hydrogen-bond donors (Lipinski definition) is 3. The van der Waals surface area contributed by atoms with Crippen LogP contribution in [0.2, 0.25) is 0 Å². The molecule has 0 spiro atoms.